The smallest absolute Gasteiger partial charge is 0.338 e. The van der Waals surface area contributed by atoms with E-state index < -0.39 is 23.8 Å². The Bertz CT molecular complexity index is 520. The van der Waals surface area contributed by atoms with E-state index >= 15 is 0 Å². The van der Waals surface area contributed by atoms with Crippen molar-refractivity contribution < 1.29 is 23.8 Å². The lowest BCUT2D eigenvalue weighted by Gasteiger charge is -2.32. The molecule has 1 spiro atoms. The Labute approximate surface area is 116 Å². The summed E-state index contributed by atoms with van der Waals surface area (Å²) >= 11 is 0. The summed E-state index contributed by atoms with van der Waals surface area (Å²) in [6.07, 6.45) is -0.129. The largest absolute Gasteiger partial charge is 0.456 e. The van der Waals surface area contributed by atoms with Gasteiger partial charge in [0.05, 0.1) is 12.2 Å². The van der Waals surface area contributed by atoms with Crippen molar-refractivity contribution in [3.8, 4) is 0 Å². The molecule has 0 aromatic heterocycles. The normalized spacial score (nSPS) is 32.1. The van der Waals surface area contributed by atoms with Gasteiger partial charge in [0, 0.05) is 7.11 Å². The quantitative estimate of drug-likeness (QED) is 0.616. The first-order chi connectivity index (χ1) is 9.66. The molecular formula is C15H16O5. The van der Waals surface area contributed by atoms with Crippen molar-refractivity contribution in [3.63, 3.8) is 0 Å². The second-order valence-electron chi connectivity index (χ2n) is 5.15. The molecule has 3 atom stereocenters. The molecule has 0 unspecified atom stereocenters. The zero-order valence-electron chi connectivity index (χ0n) is 11.2. The Morgan fingerprint density at radius 3 is 2.65 bits per heavy atom. The van der Waals surface area contributed by atoms with Crippen molar-refractivity contribution in [1.82, 2.24) is 0 Å². The predicted molar refractivity (Wildman–Crippen MR) is 69.4 cm³/mol. The van der Waals surface area contributed by atoms with Crippen LogP contribution in [0.1, 0.15) is 23.2 Å². The zero-order valence-corrected chi connectivity index (χ0v) is 11.2. The molecule has 0 bridgehead atoms. The Kier molecular flexibility index (Phi) is 3.31. The van der Waals surface area contributed by atoms with E-state index in [0.717, 1.165) is 0 Å². The molecule has 2 fully saturated rings. The highest BCUT2D eigenvalue weighted by Crippen LogP contribution is 2.40. The van der Waals surface area contributed by atoms with Gasteiger partial charge in [0.1, 0.15) is 6.10 Å². The number of ketones is 1. The topological polar surface area (TPSA) is 65.1 Å². The summed E-state index contributed by atoms with van der Waals surface area (Å²) in [5.41, 5.74) is -0.200. The minimum absolute atomic E-state index is 0.114. The fraction of sp³-hybridized carbons (Fsp3) is 0.467. The van der Waals surface area contributed by atoms with E-state index in [9.17, 15) is 9.59 Å². The number of benzene rings is 1. The standard InChI is InChI=1S/C15H16O5/c1-18-12-11(7-8-15(9-19-15)13(12)16)20-14(17)10-5-3-2-4-6-10/h2-6,11-12H,7-9H2,1H3/t11-,12+,15-/m0/s1. The summed E-state index contributed by atoms with van der Waals surface area (Å²) in [5.74, 6) is -0.546. The third-order valence-corrected chi connectivity index (χ3v) is 3.89. The molecular weight excluding hydrogens is 260 g/mol. The molecule has 1 aromatic rings. The summed E-state index contributed by atoms with van der Waals surface area (Å²) < 4.78 is 15.9. The van der Waals surface area contributed by atoms with Crippen LogP contribution >= 0.6 is 0 Å². The van der Waals surface area contributed by atoms with Gasteiger partial charge in [0.2, 0.25) is 0 Å². The van der Waals surface area contributed by atoms with Gasteiger partial charge in [0.15, 0.2) is 17.5 Å². The van der Waals surface area contributed by atoms with Crippen molar-refractivity contribution in [1.29, 1.82) is 0 Å². The number of epoxide rings is 1. The maximum absolute atomic E-state index is 12.2. The zero-order chi connectivity index (χ0) is 14.2. The number of Topliss-reactive ketones (excluding diaryl/α,β-unsaturated/α-hetero) is 1. The molecule has 0 radical (unpaired) electrons. The van der Waals surface area contributed by atoms with Gasteiger partial charge >= 0.3 is 5.97 Å². The highest BCUT2D eigenvalue weighted by atomic mass is 16.6. The Morgan fingerprint density at radius 2 is 2.05 bits per heavy atom. The number of ether oxygens (including phenoxy) is 3. The van der Waals surface area contributed by atoms with Crippen molar-refractivity contribution in [2.45, 2.75) is 30.7 Å². The van der Waals surface area contributed by atoms with Crippen LogP contribution in [0.5, 0.6) is 0 Å². The second-order valence-corrected chi connectivity index (χ2v) is 5.15. The van der Waals surface area contributed by atoms with Crippen LogP contribution in [0.3, 0.4) is 0 Å². The van der Waals surface area contributed by atoms with Crippen LogP contribution in [0.2, 0.25) is 0 Å². The molecule has 1 heterocycles. The van der Waals surface area contributed by atoms with E-state index in [1.54, 1.807) is 24.3 Å². The van der Waals surface area contributed by atoms with Crippen LogP contribution in [0, 0.1) is 0 Å². The molecule has 0 amide bonds. The molecule has 5 heteroatoms. The average Bonchev–Trinajstić information content (AvgIpc) is 3.25. The van der Waals surface area contributed by atoms with E-state index in [1.807, 2.05) is 6.07 Å². The van der Waals surface area contributed by atoms with E-state index in [2.05, 4.69) is 0 Å². The lowest BCUT2D eigenvalue weighted by Crippen LogP contribution is -2.50. The van der Waals surface area contributed by atoms with Gasteiger partial charge in [-0.3, -0.25) is 4.79 Å². The number of hydrogen-bond acceptors (Lipinski definition) is 5. The van der Waals surface area contributed by atoms with Gasteiger partial charge in [-0.2, -0.15) is 0 Å². The first kappa shape index (κ1) is 13.3. The fourth-order valence-electron chi connectivity index (χ4n) is 2.61. The summed E-state index contributed by atoms with van der Waals surface area (Å²) in [4.78, 5) is 24.3. The number of methoxy groups -OCH3 is 1. The van der Waals surface area contributed by atoms with Gasteiger partial charge in [-0.05, 0) is 25.0 Å². The third-order valence-electron chi connectivity index (χ3n) is 3.89. The van der Waals surface area contributed by atoms with E-state index in [1.165, 1.54) is 7.11 Å². The molecule has 20 heavy (non-hydrogen) atoms. The molecule has 0 N–H and O–H groups in total. The first-order valence-corrected chi connectivity index (χ1v) is 6.63. The van der Waals surface area contributed by atoms with Crippen molar-refractivity contribution in [2.24, 2.45) is 0 Å². The molecule has 5 nitrogen and oxygen atoms in total. The third kappa shape index (κ3) is 2.23. The molecule has 1 aromatic carbocycles. The highest BCUT2D eigenvalue weighted by Gasteiger charge is 2.59. The van der Waals surface area contributed by atoms with Crippen molar-refractivity contribution in [3.05, 3.63) is 35.9 Å². The van der Waals surface area contributed by atoms with Crippen LogP contribution < -0.4 is 0 Å². The molecule has 1 saturated carbocycles. The second kappa shape index (κ2) is 5.00. The number of carbonyl (C=O) groups is 2. The summed E-state index contributed by atoms with van der Waals surface area (Å²) in [7, 11) is 1.45. The Balaban J connectivity index is 1.71. The minimum Gasteiger partial charge on any atom is -0.456 e. The monoisotopic (exact) mass is 276 g/mol. The molecule has 3 rings (SSSR count). The van der Waals surface area contributed by atoms with Crippen molar-refractivity contribution in [2.75, 3.05) is 13.7 Å². The van der Waals surface area contributed by atoms with Crippen molar-refractivity contribution >= 4 is 11.8 Å². The van der Waals surface area contributed by atoms with Crippen LogP contribution in [-0.4, -0.2) is 43.3 Å². The van der Waals surface area contributed by atoms with Crippen LogP contribution in [0.25, 0.3) is 0 Å². The fourth-order valence-corrected chi connectivity index (χ4v) is 2.61. The van der Waals surface area contributed by atoms with Crippen LogP contribution in [0.15, 0.2) is 30.3 Å². The average molecular weight is 276 g/mol. The summed E-state index contributed by atoms with van der Waals surface area (Å²) in [5, 5.41) is 0. The minimum atomic E-state index is -0.737. The van der Waals surface area contributed by atoms with Gasteiger partial charge in [0.25, 0.3) is 0 Å². The van der Waals surface area contributed by atoms with Gasteiger partial charge in [-0.1, -0.05) is 18.2 Å². The van der Waals surface area contributed by atoms with Gasteiger partial charge in [-0.25, -0.2) is 4.79 Å². The van der Waals surface area contributed by atoms with Crippen LogP contribution in [0.4, 0.5) is 0 Å². The van der Waals surface area contributed by atoms with Crippen LogP contribution in [-0.2, 0) is 19.0 Å². The SMILES string of the molecule is CO[C@H]1C(=O)[C@]2(CC[C@@H]1OC(=O)c1ccccc1)CO2. The number of rotatable bonds is 3. The summed E-state index contributed by atoms with van der Waals surface area (Å²) in [6.45, 7) is 0.449. The van der Waals surface area contributed by atoms with E-state index in [4.69, 9.17) is 14.2 Å². The molecule has 106 valence electrons. The Hall–Kier alpha value is -1.72. The number of carbonyl (C=O) groups excluding carboxylic acids is 2. The lowest BCUT2D eigenvalue weighted by atomic mass is 9.84. The highest BCUT2D eigenvalue weighted by molar-refractivity contribution is 5.95. The lowest BCUT2D eigenvalue weighted by molar-refractivity contribution is -0.147. The maximum atomic E-state index is 12.2. The van der Waals surface area contributed by atoms with E-state index in [0.29, 0.717) is 25.0 Å². The predicted octanol–water partition coefficient (Wildman–Crippen LogP) is 1.36. The Morgan fingerprint density at radius 1 is 1.35 bits per heavy atom. The molecule has 1 aliphatic carbocycles. The molecule has 1 aliphatic heterocycles. The maximum Gasteiger partial charge on any atom is 0.338 e. The van der Waals surface area contributed by atoms with Gasteiger partial charge < -0.3 is 14.2 Å². The van der Waals surface area contributed by atoms with E-state index in [-0.39, 0.29) is 5.78 Å². The number of hydrogen-bond donors (Lipinski definition) is 0. The van der Waals surface area contributed by atoms with Gasteiger partial charge in [-0.15, -0.1) is 0 Å². The first-order valence-electron chi connectivity index (χ1n) is 6.63. The summed E-state index contributed by atoms with van der Waals surface area (Å²) in [6, 6.07) is 8.72. The molecule has 2 aliphatic rings. The number of esters is 1. The molecule has 1 saturated heterocycles.